The van der Waals surface area contributed by atoms with E-state index >= 15 is 0 Å². The normalized spacial score (nSPS) is 17.1. The first-order chi connectivity index (χ1) is 18.2. The van der Waals surface area contributed by atoms with E-state index in [1.165, 1.54) is 27.8 Å². The van der Waals surface area contributed by atoms with Crippen molar-refractivity contribution in [3.63, 3.8) is 0 Å². The molecule has 3 aromatic rings. The number of amides is 1. The summed E-state index contributed by atoms with van der Waals surface area (Å²) < 4.78 is 0. The molecule has 0 saturated carbocycles. The Balaban J connectivity index is 0.000000505. The number of hydrogen-bond donors (Lipinski definition) is 3. The zero-order valence-corrected chi connectivity index (χ0v) is 21.8. The Morgan fingerprint density at radius 1 is 0.974 bits per heavy atom. The highest BCUT2D eigenvalue weighted by Crippen LogP contribution is 2.38. The SMILES string of the molecule is CN(C)C(=O)CN1CC(CCN2CCN(c3ccc4[nH]ccc4c3)CC2)c2ccccc21.O=C(O)C(=O)O. The number of anilines is 2. The van der Waals surface area contributed by atoms with Gasteiger partial charge in [-0.25, -0.2) is 9.59 Å². The number of aromatic amines is 1. The smallest absolute Gasteiger partial charge is 0.414 e. The van der Waals surface area contributed by atoms with Gasteiger partial charge in [0.1, 0.15) is 0 Å². The first-order valence-corrected chi connectivity index (χ1v) is 12.8. The number of likely N-dealkylation sites (N-methyl/N-ethyl adjacent to an activating group) is 1. The highest BCUT2D eigenvalue weighted by Gasteiger charge is 2.30. The van der Waals surface area contributed by atoms with Crippen molar-refractivity contribution in [1.29, 1.82) is 0 Å². The van der Waals surface area contributed by atoms with Gasteiger partial charge in [-0.2, -0.15) is 0 Å². The molecule has 1 amide bonds. The summed E-state index contributed by atoms with van der Waals surface area (Å²) >= 11 is 0. The summed E-state index contributed by atoms with van der Waals surface area (Å²) in [6.45, 7) is 6.85. The van der Waals surface area contributed by atoms with E-state index < -0.39 is 11.9 Å². The van der Waals surface area contributed by atoms with Gasteiger partial charge in [-0.3, -0.25) is 9.69 Å². The third-order valence-corrected chi connectivity index (χ3v) is 7.23. The van der Waals surface area contributed by atoms with Gasteiger partial charge >= 0.3 is 11.9 Å². The molecule has 0 spiro atoms. The van der Waals surface area contributed by atoms with Crippen LogP contribution in [0.15, 0.2) is 54.7 Å². The fourth-order valence-corrected chi connectivity index (χ4v) is 5.09. The zero-order chi connectivity index (χ0) is 27.2. The van der Waals surface area contributed by atoms with Gasteiger partial charge in [0.05, 0.1) is 6.54 Å². The Labute approximate surface area is 222 Å². The van der Waals surface area contributed by atoms with Crippen LogP contribution in [0.3, 0.4) is 0 Å². The molecule has 1 saturated heterocycles. The number of para-hydroxylation sites is 1. The van der Waals surface area contributed by atoms with Gasteiger partial charge in [0.15, 0.2) is 0 Å². The van der Waals surface area contributed by atoms with Gasteiger partial charge in [-0.15, -0.1) is 0 Å². The number of carboxylic acid groups (broad SMARTS) is 2. The molecule has 0 bridgehead atoms. The number of H-pyrrole nitrogens is 1. The summed E-state index contributed by atoms with van der Waals surface area (Å²) in [5.41, 5.74) is 5.16. The number of carbonyl (C=O) groups is 3. The second kappa shape index (κ2) is 12.0. The maximum absolute atomic E-state index is 12.3. The van der Waals surface area contributed by atoms with Crippen molar-refractivity contribution in [2.24, 2.45) is 0 Å². The second-order valence-electron chi connectivity index (χ2n) is 9.90. The van der Waals surface area contributed by atoms with Crippen molar-refractivity contribution in [3.05, 3.63) is 60.3 Å². The van der Waals surface area contributed by atoms with Crippen LogP contribution in [0.2, 0.25) is 0 Å². The molecular formula is C28H35N5O5. The van der Waals surface area contributed by atoms with Crippen molar-refractivity contribution in [2.45, 2.75) is 12.3 Å². The van der Waals surface area contributed by atoms with Crippen LogP contribution >= 0.6 is 0 Å². The van der Waals surface area contributed by atoms with Crippen LogP contribution < -0.4 is 9.80 Å². The van der Waals surface area contributed by atoms with Crippen LogP contribution in [0.5, 0.6) is 0 Å². The van der Waals surface area contributed by atoms with E-state index in [0.717, 1.165) is 45.7 Å². The molecule has 2 aliphatic heterocycles. The molecule has 5 rings (SSSR count). The molecule has 0 aliphatic carbocycles. The Morgan fingerprint density at radius 3 is 2.37 bits per heavy atom. The van der Waals surface area contributed by atoms with Crippen molar-refractivity contribution in [2.75, 3.05) is 69.7 Å². The fourth-order valence-electron chi connectivity index (χ4n) is 5.09. The first-order valence-electron chi connectivity index (χ1n) is 12.8. The Morgan fingerprint density at radius 2 is 1.68 bits per heavy atom. The molecule has 38 heavy (non-hydrogen) atoms. The van der Waals surface area contributed by atoms with Crippen LogP contribution in [-0.4, -0.2) is 103 Å². The zero-order valence-electron chi connectivity index (χ0n) is 21.8. The minimum atomic E-state index is -1.82. The molecule has 2 aromatic carbocycles. The van der Waals surface area contributed by atoms with Gasteiger partial charge in [-0.05, 0) is 48.9 Å². The molecule has 1 unspecified atom stereocenters. The lowest BCUT2D eigenvalue weighted by Gasteiger charge is -2.36. The molecule has 1 atom stereocenters. The summed E-state index contributed by atoms with van der Waals surface area (Å²) in [6, 6.07) is 17.5. The summed E-state index contributed by atoms with van der Waals surface area (Å²) in [6.07, 6.45) is 3.14. The maximum Gasteiger partial charge on any atom is 0.414 e. The second-order valence-corrected chi connectivity index (χ2v) is 9.90. The van der Waals surface area contributed by atoms with E-state index in [4.69, 9.17) is 19.8 Å². The average molecular weight is 522 g/mol. The van der Waals surface area contributed by atoms with Crippen LogP contribution in [0, 0.1) is 0 Å². The highest BCUT2D eigenvalue weighted by atomic mass is 16.4. The third-order valence-electron chi connectivity index (χ3n) is 7.23. The van der Waals surface area contributed by atoms with E-state index in [2.05, 4.69) is 68.2 Å². The van der Waals surface area contributed by atoms with E-state index in [1.807, 2.05) is 20.3 Å². The van der Waals surface area contributed by atoms with Crippen molar-refractivity contribution in [3.8, 4) is 0 Å². The van der Waals surface area contributed by atoms with Crippen molar-refractivity contribution in [1.82, 2.24) is 14.8 Å². The number of fused-ring (bicyclic) bond motifs is 2. The predicted molar refractivity (Wildman–Crippen MR) is 147 cm³/mol. The molecule has 1 aromatic heterocycles. The topological polar surface area (TPSA) is 120 Å². The molecule has 202 valence electrons. The van der Waals surface area contributed by atoms with Gasteiger partial charge in [0.25, 0.3) is 0 Å². The molecule has 10 heteroatoms. The monoisotopic (exact) mass is 521 g/mol. The van der Waals surface area contributed by atoms with Crippen LogP contribution in [-0.2, 0) is 14.4 Å². The standard InChI is InChI=1S/C26H33N5O.C2H2O4/c1-28(2)26(32)19-31-18-21(23-5-3-4-6-25(23)31)10-12-29-13-15-30(16-14-29)22-7-8-24-20(17-22)9-11-27-24;3-1(4)2(5)6/h3-9,11,17,21,27H,10,12-16,18-19H2,1-2H3;(H,3,4)(H,5,6). The Hall–Kier alpha value is -4.05. The number of nitrogens with one attached hydrogen (secondary N) is 1. The van der Waals surface area contributed by atoms with Gasteiger partial charge in [-0.1, -0.05) is 18.2 Å². The average Bonchev–Trinajstić information content (AvgIpc) is 3.52. The fraction of sp³-hybridized carbons (Fsp3) is 0.393. The summed E-state index contributed by atoms with van der Waals surface area (Å²) in [7, 11) is 3.66. The number of carbonyl (C=O) groups excluding carboxylic acids is 1. The molecule has 10 nitrogen and oxygen atoms in total. The Bertz CT molecular complexity index is 1270. The highest BCUT2D eigenvalue weighted by molar-refractivity contribution is 6.27. The molecule has 3 heterocycles. The van der Waals surface area contributed by atoms with Gasteiger partial charge in [0.2, 0.25) is 5.91 Å². The molecule has 0 radical (unpaired) electrons. The number of piperazine rings is 1. The van der Waals surface area contributed by atoms with Crippen LogP contribution in [0.1, 0.15) is 17.9 Å². The molecular weight excluding hydrogens is 486 g/mol. The van der Waals surface area contributed by atoms with Crippen LogP contribution in [0.4, 0.5) is 11.4 Å². The molecule has 1 fully saturated rings. The lowest BCUT2D eigenvalue weighted by Crippen LogP contribution is -2.46. The lowest BCUT2D eigenvalue weighted by molar-refractivity contribution is -0.159. The predicted octanol–water partition coefficient (Wildman–Crippen LogP) is 2.53. The number of aromatic nitrogens is 1. The first kappa shape index (κ1) is 27.0. The number of aliphatic carboxylic acids is 2. The van der Waals surface area contributed by atoms with Crippen molar-refractivity contribution >= 4 is 40.1 Å². The third kappa shape index (κ3) is 6.44. The number of hydrogen-bond acceptors (Lipinski definition) is 6. The van der Waals surface area contributed by atoms with E-state index in [0.29, 0.717) is 12.5 Å². The number of carboxylic acids is 2. The summed E-state index contributed by atoms with van der Waals surface area (Å²) in [5.74, 6) is -2.99. The summed E-state index contributed by atoms with van der Waals surface area (Å²) in [5, 5.41) is 16.1. The van der Waals surface area contributed by atoms with E-state index in [1.54, 1.807) is 4.90 Å². The van der Waals surface area contributed by atoms with E-state index in [9.17, 15) is 4.79 Å². The summed E-state index contributed by atoms with van der Waals surface area (Å²) in [4.78, 5) is 42.8. The van der Waals surface area contributed by atoms with Crippen molar-refractivity contribution < 1.29 is 24.6 Å². The van der Waals surface area contributed by atoms with E-state index in [-0.39, 0.29) is 5.91 Å². The largest absolute Gasteiger partial charge is 0.473 e. The number of nitrogens with zero attached hydrogens (tertiary/aromatic N) is 4. The minimum absolute atomic E-state index is 0.161. The molecule has 3 N–H and O–H groups in total. The number of benzene rings is 2. The quantitative estimate of drug-likeness (QED) is 0.424. The lowest BCUT2D eigenvalue weighted by atomic mass is 9.97. The minimum Gasteiger partial charge on any atom is -0.473 e. The van der Waals surface area contributed by atoms with Crippen LogP contribution in [0.25, 0.3) is 10.9 Å². The Kier molecular flexibility index (Phi) is 8.52. The van der Waals surface area contributed by atoms with Gasteiger partial charge in [0, 0.05) is 81.2 Å². The molecule has 2 aliphatic rings. The number of rotatable bonds is 6. The van der Waals surface area contributed by atoms with Gasteiger partial charge < -0.3 is 29.9 Å². The maximum atomic E-state index is 12.3.